The predicted octanol–water partition coefficient (Wildman–Crippen LogP) is 4.51. The monoisotopic (exact) mass is 273 g/mol. The lowest BCUT2D eigenvalue weighted by molar-refractivity contribution is 0.433. The van der Waals surface area contributed by atoms with Crippen molar-refractivity contribution in [2.24, 2.45) is 5.73 Å². The topological polar surface area (TPSA) is 35.2 Å². The van der Waals surface area contributed by atoms with Crippen LogP contribution in [-0.2, 0) is 6.54 Å². The summed E-state index contributed by atoms with van der Waals surface area (Å²) < 4.78 is 19.7. The van der Waals surface area contributed by atoms with E-state index in [2.05, 4.69) is 19.9 Å². The zero-order valence-corrected chi connectivity index (χ0v) is 12.1. The molecule has 0 atom stereocenters. The van der Waals surface area contributed by atoms with Crippen molar-refractivity contribution in [2.75, 3.05) is 0 Å². The second kappa shape index (κ2) is 6.06. The van der Waals surface area contributed by atoms with Gasteiger partial charge in [-0.05, 0) is 36.1 Å². The third kappa shape index (κ3) is 2.99. The molecule has 0 saturated carbocycles. The second-order valence-electron chi connectivity index (χ2n) is 5.21. The van der Waals surface area contributed by atoms with Crippen LogP contribution in [-0.4, -0.2) is 0 Å². The lowest BCUT2D eigenvalue weighted by Gasteiger charge is -2.15. The first kappa shape index (κ1) is 14.5. The van der Waals surface area contributed by atoms with Crippen molar-refractivity contribution in [2.45, 2.75) is 33.2 Å². The summed E-state index contributed by atoms with van der Waals surface area (Å²) >= 11 is 0. The van der Waals surface area contributed by atoms with Crippen molar-refractivity contribution >= 4 is 0 Å². The van der Waals surface area contributed by atoms with Crippen LogP contribution < -0.4 is 10.5 Å². The van der Waals surface area contributed by atoms with E-state index in [4.69, 9.17) is 10.5 Å². The van der Waals surface area contributed by atoms with E-state index in [-0.39, 0.29) is 18.1 Å². The molecule has 0 radical (unpaired) electrons. The summed E-state index contributed by atoms with van der Waals surface area (Å²) in [6.07, 6.45) is 0. The lowest BCUT2D eigenvalue weighted by atomic mass is 10.0. The molecule has 0 heterocycles. The molecule has 0 aliphatic heterocycles. The van der Waals surface area contributed by atoms with Gasteiger partial charge in [-0.3, -0.25) is 0 Å². The third-order valence-corrected chi connectivity index (χ3v) is 3.36. The maximum Gasteiger partial charge on any atom is 0.167 e. The van der Waals surface area contributed by atoms with Crippen LogP contribution in [0.2, 0.25) is 0 Å². The first-order valence-corrected chi connectivity index (χ1v) is 6.78. The molecule has 0 spiro atoms. The quantitative estimate of drug-likeness (QED) is 0.889. The normalized spacial score (nSPS) is 10.9. The van der Waals surface area contributed by atoms with Crippen LogP contribution in [0.5, 0.6) is 11.5 Å². The van der Waals surface area contributed by atoms with Crippen molar-refractivity contribution in [3.8, 4) is 11.5 Å². The maximum atomic E-state index is 13.9. The molecular formula is C17H20FNO. The zero-order chi connectivity index (χ0) is 14.7. The van der Waals surface area contributed by atoms with Gasteiger partial charge >= 0.3 is 0 Å². The molecule has 2 aromatic carbocycles. The number of para-hydroxylation sites is 1. The SMILES string of the molecule is Cc1ccc(C(C)C)cc1Oc1c(F)cccc1CN. The lowest BCUT2D eigenvalue weighted by Crippen LogP contribution is -2.02. The number of halogens is 1. The van der Waals surface area contributed by atoms with E-state index in [9.17, 15) is 4.39 Å². The van der Waals surface area contributed by atoms with E-state index in [1.165, 1.54) is 6.07 Å². The minimum Gasteiger partial charge on any atom is -0.454 e. The molecule has 0 bridgehead atoms. The Morgan fingerprint density at radius 3 is 2.60 bits per heavy atom. The predicted molar refractivity (Wildman–Crippen MR) is 79.6 cm³/mol. The Balaban J connectivity index is 2.42. The number of aryl methyl sites for hydroxylation is 1. The minimum atomic E-state index is -0.387. The fourth-order valence-electron chi connectivity index (χ4n) is 2.02. The Labute approximate surface area is 119 Å². The van der Waals surface area contributed by atoms with Crippen molar-refractivity contribution in [1.82, 2.24) is 0 Å². The average Bonchev–Trinajstić information content (AvgIpc) is 2.42. The van der Waals surface area contributed by atoms with Crippen LogP contribution in [0.3, 0.4) is 0 Å². The molecule has 0 aliphatic carbocycles. The number of benzene rings is 2. The molecule has 0 unspecified atom stereocenters. The minimum absolute atomic E-state index is 0.221. The summed E-state index contributed by atoms with van der Waals surface area (Å²) in [4.78, 5) is 0. The Morgan fingerprint density at radius 2 is 1.95 bits per heavy atom. The first-order chi connectivity index (χ1) is 9.52. The molecule has 0 amide bonds. The largest absolute Gasteiger partial charge is 0.454 e. The first-order valence-electron chi connectivity index (χ1n) is 6.78. The number of ether oxygens (including phenoxy) is 1. The molecule has 0 aliphatic rings. The van der Waals surface area contributed by atoms with Gasteiger partial charge < -0.3 is 10.5 Å². The highest BCUT2D eigenvalue weighted by Gasteiger charge is 2.12. The van der Waals surface area contributed by atoms with E-state index in [1.54, 1.807) is 12.1 Å². The van der Waals surface area contributed by atoms with Crippen LogP contribution in [0.15, 0.2) is 36.4 Å². The maximum absolute atomic E-state index is 13.9. The number of hydrogen-bond donors (Lipinski definition) is 1. The Hall–Kier alpha value is -1.87. The smallest absolute Gasteiger partial charge is 0.167 e. The molecule has 3 heteroatoms. The van der Waals surface area contributed by atoms with E-state index in [0.717, 1.165) is 11.1 Å². The summed E-state index contributed by atoms with van der Waals surface area (Å²) in [5, 5.41) is 0. The van der Waals surface area contributed by atoms with E-state index in [1.807, 2.05) is 19.1 Å². The van der Waals surface area contributed by atoms with Gasteiger partial charge in [0.15, 0.2) is 11.6 Å². The van der Waals surface area contributed by atoms with Crippen LogP contribution in [0, 0.1) is 12.7 Å². The van der Waals surface area contributed by atoms with Crippen molar-refractivity contribution in [3.05, 3.63) is 58.9 Å². The number of rotatable bonds is 4. The van der Waals surface area contributed by atoms with Crippen LogP contribution in [0.4, 0.5) is 4.39 Å². The highest BCUT2D eigenvalue weighted by atomic mass is 19.1. The molecule has 2 nitrogen and oxygen atoms in total. The van der Waals surface area contributed by atoms with E-state index in [0.29, 0.717) is 17.2 Å². The van der Waals surface area contributed by atoms with Gasteiger partial charge in [-0.15, -0.1) is 0 Å². The highest BCUT2D eigenvalue weighted by molar-refractivity contribution is 5.44. The van der Waals surface area contributed by atoms with Gasteiger partial charge in [-0.2, -0.15) is 0 Å². The summed E-state index contributed by atoms with van der Waals surface area (Å²) in [5.74, 6) is 0.907. The van der Waals surface area contributed by atoms with Gasteiger partial charge in [0.1, 0.15) is 5.75 Å². The molecular weight excluding hydrogens is 253 g/mol. The van der Waals surface area contributed by atoms with Crippen LogP contribution in [0.25, 0.3) is 0 Å². The molecule has 2 N–H and O–H groups in total. The van der Waals surface area contributed by atoms with Crippen LogP contribution >= 0.6 is 0 Å². The van der Waals surface area contributed by atoms with Crippen molar-refractivity contribution < 1.29 is 9.13 Å². The van der Waals surface area contributed by atoms with Gasteiger partial charge in [0.25, 0.3) is 0 Å². The standard InChI is InChI=1S/C17H20FNO/c1-11(2)13-8-7-12(3)16(9-13)20-17-14(10-19)5-4-6-15(17)18/h4-9,11H,10,19H2,1-3H3. The third-order valence-electron chi connectivity index (χ3n) is 3.36. The molecule has 2 aromatic rings. The fraction of sp³-hybridized carbons (Fsp3) is 0.294. The fourth-order valence-corrected chi connectivity index (χ4v) is 2.02. The summed E-state index contributed by atoms with van der Waals surface area (Å²) in [6.45, 7) is 6.42. The highest BCUT2D eigenvalue weighted by Crippen LogP contribution is 2.32. The second-order valence-corrected chi connectivity index (χ2v) is 5.21. The molecule has 0 fully saturated rings. The zero-order valence-electron chi connectivity index (χ0n) is 12.1. The molecule has 0 saturated heterocycles. The van der Waals surface area contributed by atoms with Crippen molar-refractivity contribution in [1.29, 1.82) is 0 Å². The van der Waals surface area contributed by atoms with Crippen molar-refractivity contribution in [3.63, 3.8) is 0 Å². The summed E-state index contributed by atoms with van der Waals surface area (Å²) in [7, 11) is 0. The Morgan fingerprint density at radius 1 is 1.20 bits per heavy atom. The summed E-state index contributed by atoms with van der Waals surface area (Å²) in [5.41, 5.74) is 8.44. The van der Waals surface area contributed by atoms with Gasteiger partial charge in [0.05, 0.1) is 0 Å². The van der Waals surface area contributed by atoms with Gasteiger partial charge in [0, 0.05) is 12.1 Å². The Kier molecular flexibility index (Phi) is 4.40. The summed E-state index contributed by atoms with van der Waals surface area (Å²) in [6, 6.07) is 10.8. The van der Waals surface area contributed by atoms with Gasteiger partial charge in [0.2, 0.25) is 0 Å². The molecule has 20 heavy (non-hydrogen) atoms. The van der Waals surface area contributed by atoms with Gasteiger partial charge in [-0.25, -0.2) is 4.39 Å². The van der Waals surface area contributed by atoms with Crippen LogP contribution in [0.1, 0.15) is 36.5 Å². The van der Waals surface area contributed by atoms with Gasteiger partial charge in [-0.1, -0.05) is 38.1 Å². The average molecular weight is 273 g/mol. The van der Waals surface area contributed by atoms with E-state index < -0.39 is 0 Å². The molecule has 2 rings (SSSR count). The Bertz CT molecular complexity index is 608. The van der Waals surface area contributed by atoms with E-state index >= 15 is 0 Å². The molecule has 0 aromatic heterocycles. The molecule has 106 valence electrons. The number of nitrogens with two attached hydrogens (primary N) is 1. The number of hydrogen-bond acceptors (Lipinski definition) is 2.